The van der Waals surface area contributed by atoms with Crippen molar-refractivity contribution < 1.29 is 9.59 Å². The van der Waals surface area contributed by atoms with Crippen LogP contribution in [-0.4, -0.2) is 28.8 Å². The molecule has 27 heavy (non-hydrogen) atoms. The van der Waals surface area contributed by atoms with Crippen molar-refractivity contribution in [3.8, 4) is 0 Å². The molecule has 0 aliphatic rings. The quantitative estimate of drug-likeness (QED) is 0.777. The first-order chi connectivity index (χ1) is 12.8. The maximum absolute atomic E-state index is 13.0. The van der Waals surface area contributed by atoms with Gasteiger partial charge in [-0.2, -0.15) is 0 Å². The third-order valence-electron chi connectivity index (χ3n) is 4.30. The van der Waals surface area contributed by atoms with Crippen LogP contribution in [0.3, 0.4) is 0 Å². The van der Waals surface area contributed by atoms with Crippen molar-refractivity contribution in [1.82, 2.24) is 10.2 Å². The molecule has 5 heteroatoms. The van der Waals surface area contributed by atoms with Crippen LogP contribution in [0.4, 0.5) is 0 Å². The van der Waals surface area contributed by atoms with Gasteiger partial charge in [-0.05, 0) is 51.0 Å². The van der Waals surface area contributed by atoms with Crippen molar-refractivity contribution in [1.29, 1.82) is 0 Å². The molecule has 0 unspecified atom stereocenters. The fourth-order valence-electron chi connectivity index (χ4n) is 2.87. The van der Waals surface area contributed by atoms with Gasteiger partial charge in [0.1, 0.15) is 6.04 Å². The SMILES string of the molecule is Cc1cccc(CN(C(=O)Cc2ccc(Cl)cc2)[C@@H](C)C(=O)NC(C)C)c1. The normalized spacial score (nSPS) is 11.9. The summed E-state index contributed by atoms with van der Waals surface area (Å²) in [5.74, 6) is -0.243. The summed E-state index contributed by atoms with van der Waals surface area (Å²) in [6, 6.07) is 14.7. The molecule has 0 saturated carbocycles. The Balaban J connectivity index is 2.22. The van der Waals surface area contributed by atoms with Crippen LogP contribution in [0.25, 0.3) is 0 Å². The fraction of sp³-hybridized carbons (Fsp3) is 0.364. The zero-order valence-electron chi connectivity index (χ0n) is 16.3. The Labute approximate surface area is 166 Å². The van der Waals surface area contributed by atoms with E-state index < -0.39 is 6.04 Å². The average molecular weight is 387 g/mol. The van der Waals surface area contributed by atoms with Crippen molar-refractivity contribution in [2.75, 3.05) is 0 Å². The summed E-state index contributed by atoms with van der Waals surface area (Å²) < 4.78 is 0. The lowest BCUT2D eigenvalue weighted by molar-refractivity contribution is -0.140. The molecule has 2 aromatic rings. The van der Waals surface area contributed by atoms with Crippen LogP contribution in [0.5, 0.6) is 0 Å². The Bertz CT molecular complexity index is 787. The molecule has 0 fully saturated rings. The van der Waals surface area contributed by atoms with Crippen LogP contribution in [0, 0.1) is 6.92 Å². The summed E-state index contributed by atoms with van der Waals surface area (Å²) in [5.41, 5.74) is 3.00. The lowest BCUT2D eigenvalue weighted by Gasteiger charge is -2.29. The standard InChI is InChI=1S/C22H27ClN2O2/c1-15(2)24-22(27)17(4)25(14-19-7-5-6-16(3)12-19)21(26)13-18-8-10-20(23)11-9-18/h5-12,15,17H,13-14H2,1-4H3,(H,24,27)/t17-/m0/s1. The Morgan fingerprint density at radius 2 is 1.70 bits per heavy atom. The number of aryl methyl sites for hydroxylation is 1. The molecule has 0 saturated heterocycles. The van der Waals surface area contributed by atoms with Gasteiger partial charge in [0, 0.05) is 17.6 Å². The largest absolute Gasteiger partial charge is 0.352 e. The second kappa shape index (κ2) is 9.56. The molecule has 0 aliphatic heterocycles. The summed E-state index contributed by atoms with van der Waals surface area (Å²) >= 11 is 5.93. The van der Waals surface area contributed by atoms with Gasteiger partial charge in [0.05, 0.1) is 6.42 Å². The highest BCUT2D eigenvalue weighted by Crippen LogP contribution is 2.15. The molecular weight excluding hydrogens is 360 g/mol. The molecule has 1 N–H and O–H groups in total. The minimum Gasteiger partial charge on any atom is -0.352 e. The van der Waals surface area contributed by atoms with E-state index in [1.165, 1.54) is 0 Å². The predicted molar refractivity (Wildman–Crippen MR) is 110 cm³/mol. The summed E-state index contributed by atoms with van der Waals surface area (Å²) in [6.07, 6.45) is 0.224. The van der Waals surface area contributed by atoms with Gasteiger partial charge in [-0.3, -0.25) is 9.59 Å². The number of hydrogen-bond donors (Lipinski definition) is 1. The van der Waals surface area contributed by atoms with Gasteiger partial charge in [0.25, 0.3) is 0 Å². The number of nitrogens with one attached hydrogen (secondary N) is 1. The third-order valence-corrected chi connectivity index (χ3v) is 4.55. The van der Waals surface area contributed by atoms with E-state index in [0.717, 1.165) is 16.7 Å². The van der Waals surface area contributed by atoms with E-state index in [-0.39, 0.29) is 24.3 Å². The van der Waals surface area contributed by atoms with E-state index in [4.69, 9.17) is 11.6 Å². The van der Waals surface area contributed by atoms with Gasteiger partial charge < -0.3 is 10.2 Å². The summed E-state index contributed by atoms with van der Waals surface area (Å²) in [5, 5.41) is 3.53. The highest BCUT2D eigenvalue weighted by atomic mass is 35.5. The molecule has 0 spiro atoms. The van der Waals surface area contributed by atoms with Crippen molar-refractivity contribution in [2.24, 2.45) is 0 Å². The van der Waals surface area contributed by atoms with Gasteiger partial charge in [0.15, 0.2) is 0 Å². The molecule has 0 bridgehead atoms. The summed E-state index contributed by atoms with van der Waals surface area (Å²) in [4.78, 5) is 27.2. The van der Waals surface area contributed by atoms with Gasteiger partial charge in [-0.15, -0.1) is 0 Å². The Hall–Kier alpha value is -2.33. The molecule has 2 amide bonds. The monoisotopic (exact) mass is 386 g/mol. The van der Waals surface area contributed by atoms with Gasteiger partial charge in [0.2, 0.25) is 11.8 Å². The van der Waals surface area contributed by atoms with Crippen LogP contribution in [0.15, 0.2) is 48.5 Å². The highest BCUT2D eigenvalue weighted by Gasteiger charge is 2.26. The maximum atomic E-state index is 13.0. The number of halogens is 1. The first-order valence-corrected chi connectivity index (χ1v) is 9.54. The Morgan fingerprint density at radius 3 is 2.30 bits per heavy atom. The molecule has 4 nitrogen and oxygen atoms in total. The third kappa shape index (κ3) is 6.40. The van der Waals surface area contributed by atoms with Crippen LogP contribution in [-0.2, 0) is 22.6 Å². The second-order valence-corrected chi connectivity index (χ2v) is 7.59. The topological polar surface area (TPSA) is 49.4 Å². The van der Waals surface area contributed by atoms with Gasteiger partial charge in [-0.25, -0.2) is 0 Å². The Kier molecular flexibility index (Phi) is 7.43. The highest BCUT2D eigenvalue weighted by molar-refractivity contribution is 6.30. The molecular formula is C22H27ClN2O2. The van der Waals surface area contributed by atoms with Crippen molar-refractivity contribution >= 4 is 23.4 Å². The molecule has 0 aromatic heterocycles. The first kappa shape index (κ1) is 21.0. The van der Waals surface area contributed by atoms with Crippen LogP contribution in [0.1, 0.15) is 37.5 Å². The first-order valence-electron chi connectivity index (χ1n) is 9.16. The van der Waals surface area contributed by atoms with Crippen LogP contribution < -0.4 is 5.32 Å². The number of benzene rings is 2. The van der Waals surface area contributed by atoms with E-state index in [9.17, 15) is 9.59 Å². The van der Waals surface area contributed by atoms with Crippen LogP contribution >= 0.6 is 11.6 Å². The lowest BCUT2D eigenvalue weighted by Crippen LogP contribution is -2.49. The fourth-order valence-corrected chi connectivity index (χ4v) is 3.00. The number of amides is 2. The second-order valence-electron chi connectivity index (χ2n) is 7.15. The predicted octanol–water partition coefficient (Wildman–Crippen LogP) is 4.13. The number of hydrogen-bond acceptors (Lipinski definition) is 2. The van der Waals surface area contributed by atoms with Crippen molar-refractivity contribution in [2.45, 2.75) is 52.7 Å². The molecule has 2 rings (SSSR count). The zero-order chi connectivity index (χ0) is 20.0. The van der Waals surface area contributed by atoms with Crippen molar-refractivity contribution in [3.63, 3.8) is 0 Å². The molecule has 0 radical (unpaired) electrons. The summed E-state index contributed by atoms with van der Waals surface area (Å²) in [7, 11) is 0. The number of nitrogens with zero attached hydrogens (tertiary/aromatic N) is 1. The minimum atomic E-state index is -0.562. The van der Waals surface area contributed by atoms with Gasteiger partial charge in [-0.1, -0.05) is 53.6 Å². The zero-order valence-corrected chi connectivity index (χ0v) is 17.1. The van der Waals surface area contributed by atoms with E-state index in [1.54, 1.807) is 24.0 Å². The minimum absolute atomic E-state index is 0.0205. The van der Waals surface area contributed by atoms with Crippen molar-refractivity contribution in [3.05, 3.63) is 70.2 Å². The van der Waals surface area contributed by atoms with E-state index >= 15 is 0 Å². The number of rotatable bonds is 7. The number of carbonyl (C=O) groups is 2. The lowest BCUT2D eigenvalue weighted by atomic mass is 10.1. The van der Waals surface area contributed by atoms with E-state index in [0.29, 0.717) is 11.6 Å². The molecule has 0 aliphatic carbocycles. The van der Waals surface area contributed by atoms with E-state index in [2.05, 4.69) is 5.32 Å². The smallest absolute Gasteiger partial charge is 0.242 e. The molecule has 2 aromatic carbocycles. The van der Waals surface area contributed by atoms with E-state index in [1.807, 2.05) is 57.2 Å². The molecule has 144 valence electrons. The maximum Gasteiger partial charge on any atom is 0.242 e. The Morgan fingerprint density at radius 1 is 1.04 bits per heavy atom. The molecule has 1 atom stereocenters. The number of carbonyl (C=O) groups excluding carboxylic acids is 2. The van der Waals surface area contributed by atoms with Crippen LogP contribution in [0.2, 0.25) is 5.02 Å². The van der Waals surface area contributed by atoms with Gasteiger partial charge >= 0.3 is 0 Å². The average Bonchev–Trinajstić information content (AvgIpc) is 2.60. The summed E-state index contributed by atoms with van der Waals surface area (Å²) in [6.45, 7) is 7.99. The molecule has 0 heterocycles.